The Bertz CT molecular complexity index is 782. The maximum Gasteiger partial charge on any atom is 0.321 e. The van der Waals surface area contributed by atoms with Gasteiger partial charge in [-0.3, -0.25) is 0 Å². The van der Waals surface area contributed by atoms with Crippen molar-refractivity contribution in [2.45, 2.75) is 37.9 Å². The molecule has 3 heterocycles. The molecule has 138 valence electrons. The lowest BCUT2D eigenvalue weighted by Crippen LogP contribution is -2.47. The minimum Gasteiger partial charge on any atom is -0.391 e. The molecule has 0 unspecified atom stereocenters. The van der Waals surface area contributed by atoms with Crippen molar-refractivity contribution in [3.8, 4) is 5.69 Å². The highest BCUT2D eigenvalue weighted by Gasteiger charge is 2.42. The number of nitrogens with one attached hydrogen (secondary N) is 1. The summed E-state index contributed by atoms with van der Waals surface area (Å²) in [5, 5.41) is 24.0. The molecule has 2 aliphatic heterocycles. The van der Waals surface area contributed by atoms with E-state index in [0.717, 1.165) is 24.2 Å². The second kappa shape index (κ2) is 6.65. The molecule has 1 atom stereocenters. The Kier molecular flexibility index (Phi) is 4.33. The predicted octanol–water partition coefficient (Wildman–Crippen LogP) is 1.12. The van der Waals surface area contributed by atoms with Crippen LogP contribution in [0.15, 0.2) is 24.3 Å². The van der Waals surface area contributed by atoms with Crippen LogP contribution in [0.25, 0.3) is 5.69 Å². The van der Waals surface area contributed by atoms with Crippen molar-refractivity contribution in [2.75, 3.05) is 25.0 Å². The van der Waals surface area contributed by atoms with Crippen LogP contribution in [0, 0.1) is 6.92 Å². The SMILES string of the molecule is Cc1nnnn1-c1ccc(NC(=O)N2CCC3(CC2)C[C@@H](O)CO3)cc1. The summed E-state index contributed by atoms with van der Waals surface area (Å²) in [5.74, 6) is 0.697. The van der Waals surface area contributed by atoms with E-state index in [0.29, 0.717) is 31.9 Å². The summed E-state index contributed by atoms with van der Waals surface area (Å²) < 4.78 is 7.40. The van der Waals surface area contributed by atoms with Crippen LogP contribution in [0.3, 0.4) is 0 Å². The fourth-order valence-corrected chi connectivity index (χ4v) is 3.64. The van der Waals surface area contributed by atoms with Gasteiger partial charge in [-0.2, -0.15) is 4.68 Å². The van der Waals surface area contributed by atoms with E-state index >= 15 is 0 Å². The number of aliphatic hydroxyl groups excluding tert-OH is 1. The molecule has 2 aromatic rings. The second-order valence-corrected chi connectivity index (χ2v) is 6.95. The number of rotatable bonds is 2. The van der Waals surface area contributed by atoms with Crippen LogP contribution in [0.4, 0.5) is 10.5 Å². The monoisotopic (exact) mass is 358 g/mol. The normalized spacial score (nSPS) is 21.9. The number of aromatic nitrogens is 4. The van der Waals surface area contributed by atoms with Gasteiger partial charge in [-0.05, 0) is 54.5 Å². The molecular formula is C17H22N6O3. The molecule has 26 heavy (non-hydrogen) atoms. The van der Waals surface area contributed by atoms with Crippen molar-refractivity contribution in [2.24, 2.45) is 0 Å². The molecule has 1 aromatic carbocycles. The van der Waals surface area contributed by atoms with E-state index < -0.39 is 0 Å². The smallest absolute Gasteiger partial charge is 0.321 e. The number of likely N-dealkylation sites (tertiary alicyclic amines) is 1. The zero-order valence-corrected chi connectivity index (χ0v) is 14.6. The van der Waals surface area contributed by atoms with Crippen molar-refractivity contribution >= 4 is 11.7 Å². The van der Waals surface area contributed by atoms with Gasteiger partial charge >= 0.3 is 6.03 Å². The summed E-state index contributed by atoms with van der Waals surface area (Å²) in [4.78, 5) is 14.3. The number of aliphatic hydroxyl groups is 1. The Hall–Kier alpha value is -2.52. The molecule has 4 rings (SSSR count). The Morgan fingerprint density at radius 3 is 2.62 bits per heavy atom. The summed E-state index contributed by atoms with van der Waals surface area (Å²) in [7, 11) is 0. The van der Waals surface area contributed by atoms with Gasteiger partial charge in [0.1, 0.15) is 0 Å². The van der Waals surface area contributed by atoms with E-state index in [9.17, 15) is 9.90 Å². The number of carbonyl (C=O) groups excluding carboxylic acids is 1. The average Bonchev–Trinajstić information content (AvgIpc) is 3.22. The highest BCUT2D eigenvalue weighted by molar-refractivity contribution is 5.89. The fraction of sp³-hybridized carbons (Fsp3) is 0.529. The van der Waals surface area contributed by atoms with Crippen LogP contribution in [0.2, 0.25) is 0 Å². The number of piperidine rings is 1. The number of amides is 2. The van der Waals surface area contributed by atoms with E-state index in [2.05, 4.69) is 20.8 Å². The van der Waals surface area contributed by atoms with Crippen LogP contribution in [-0.4, -0.2) is 67.6 Å². The molecule has 1 aromatic heterocycles. The largest absolute Gasteiger partial charge is 0.391 e. The summed E-state index contributed by atoms with van der Waals surface area (Å²) in [6.07, 6.45) is 1.81. The van der Waals surface area contributed by atoms with Crippen molar-refractivity contribution in [1.29, 1.82) is 0 Å². The van der Waals surface area contributed by atoms with E-state index in [1.54, 1.807) is 9.58 Å². The fourth-order valence-electron chi connectivity index (χ4n) is 3.64. The van der Waals surface area contributed by atoms with Gasteiger partial charge < -0.3 is 20.1 Å². The first kappa shape index (κ1) is 16.9. The Labute approximate surface area is 150 Å². The van der Waals surface area contributed by atoms with Crippen molar-refractivity contribution < 1.29 is 14.6 Å². The number of anilines is 1. The Balaban J connectivity index is 1.34. The molecule has 2 saturated heterocycles. The van der Waals surface area contributed by atoms with Crippen molar-refractivity contribution in [1.82, 2.24) is 25.1 Å². The Morgan fingerprint density at radius 2 is 2.04 bits per heavy atom. The number of tetrazole rings is 1. The average molecular weight is 358 g/mol. The molecule has 2 fully saturated rings. The first-order chi connectivity index (χ1) is 12.5. The molecule has 0 aliphatic carbocycles. The van der Waals surface area contributed by atoms with Crippen LogP contribution in [0.1, 0.15) is 25.1 Å². The third kappa shape index (κ3) is 3.27. The van der Waals surface area contributed by atoms with Crippen molar-refractivity contribution in [3.63, 3.8) is 0 Å². The number of hydrogen-bond donors (Lipinski definition) is 2. The van der Waals surface area contributed by atoms with Gasteiger partial charge in [0.2, 0.25) is 0 Å². The summed E-state index contributed by atoms with van der Waals surface area (Å²) in [5.41, 5.74) is 1.31. The van der Waals surface area contributed by atoms with Crippen molar-refractivity contribution in [3.05, 3.63) is 30.1 Å². The molecule has 0 bridgehead atoms. The quantitative estimate of drug-likeness (QED) is 0.833. The number of ether oxygens (including phenoxy) is 1. The molecular weight excluding hydrogens is 336 g/mol. The molecule has 2 aliphatic rings. The number of nitrogens with zero attached hydrogens (tertiary/aromatic N) is 5. The highest BCUT2D eigenvalue weighted by Crippen LogP contribution is 2.35. The van der Waals surface area contributed by atoms with Crippen LogP contribution >= 0.6 is 0 Å². The van der Waals surface area contributed by atoms with Crippen LogP contribution < -0.4 is 5.32 Å². The third-order valence-corrected chi connectivity index (χ3v) is 5.14. The van der Waals surface area contributed by atoms with Gasteiger partial charge in [-0.25, -0.2) is 4.79 Å². The zero-order valence-electron chi connectivity index (χ0n) is 14.6. The predicted molar refractivity (Wildman–Crippen MR) is 93.0 cm³/mol. The van der Waals surface area contributed by atoms with E-state index in [-0.39, 0.29) is 17.7 Å². The summed E-state index contributed by atoms with van der Waals surface area (Å²) >= 11 is 0. The van der Waals surface area contributed by atoms with E-state index in [4.69, 9.17) is 4.74 Å². The highest BCUT2D eigenvalue weighted by atomic mass is 16.5. The molecule has 0 radical (unpaired) electrons. The van der Waals surface area contributed by atoms with Gasteiger partial charge in [0.05, 0.1) is 24.0 Å². The number of urea groups is 1. The lowest BCUT2D eigenvalue weighted by atomic mass is 9.88. The van der Waals surface area contributed by atoms with E-state index in [1.165, 1.54) is 0 Å². The lowest BCUT2D eigenvalue weighted by Gasteiger charge is -2.38. The summed E-state index contributed by atoms with van der Waals surface area (Å²) in [6, 6.07) is 7.26. The lowest BCUT2D eigenvalue weighted by molar-refractivity contribution is -0.0365. The number of aryl methyl sites for hydroxylation is 1. The van der Waals surface area contributed by atoms with Gasteiger partial charge in [-0.1, -0.05) is 0 Å². The Morgan fingerprint density at radius 1 is 1.31 bits per heavy atom. The molecule has 9 nitrogen and oxygen atoms in total. The van der Waals surface area contributed by atoms with Crippen LogP contribution in [0.5, 0.6) is 0 Å². The molecule has 0 saturated carbocycles. The van der Waals surface area contributed by atoms with Gasteiger partial charge in [0.15, 0.2) is 5.82 Å². The molecule has 2 amide bonds. The number of carbonyl (C=O) groups is 1. The third-order valence-electron chi connectivity index (χ3n) is 5.14. The van der Waals surface area contributed by atoms with E-state index in [1.807, 2.05) is 31.2 Å². The molecule has 9 heteroatoms. The standard InChI is InChI=1S/C17H22N6O3/c1-12-19-20-21-23(12)14-4-2-13(3-5-14)18-16(25)22-8-6-17(7-9-22)10-15(24)11-26-17/h2-5,15,24H,6-11H2,1H3,(H,18,25)/t15-/m1/s1. The van der Waals surface area contributed by atoms with Gasteiger partial charge in [-0.15, -0.1) is 5.10 Å². The topological polar surface area (TPSA) is 105 Å². The first-order valence-corrected chi connectivity index (χ1v) is 8.78. The van der Waals surface area contributed by atoms with Crippen LogP contribution in [-0.2, 0) is 4.74 Å². The van der Waals surface area contributed by atoms with Gasteiger partial charge in [0, 0.05) is 25.2 Å². The minimum atomic E-state index is -0.377. The van der Waals surface area contributed by atoms with Gasteiger partial charge in [0.25, 0.3) is 0 Å². The number of benzene rings is 1. The summed E-state index contributed by atoms with van der Waals surface area (Å²) in [6.45, 7) is 3.48. The molecule has 1 spiro atoms. The maximum atomic E-state index is 12.5. The molecule has 2 N–H and O–H groups in total. The first-order valence-electron chi connectivity index (χ1n) is 8.78. The minimum absolute atomic E-state index is 0.121. The maximum absolute atomic E-state index is 12.5. The zero-order chi connectivity index (χ0) is 18.1. The second-order valence-electron chi connectivity index (χ2n) is 6.95. The number of hydrogen-bond acceptors (Lipinski definition) is 6.